The third kappa shape index (κ3) is 5.14. The Morgan fingerprint density at radius 1 is 1.53 bits per heavy atom. The van der Waals surface area contributed by atoms with Crippen molar-refractivity contribution in [2.24, 2.45) is 5.10 Å². The standard InChI is InChI=1S/C11H14BrN3OS/c1-7(2)14-11(17)15-13-6-8-5-9(12)3-4-10(8)16/h3-7,16H,1-2H3,(H2,14,15,17)/b13-6+. The topological polar surface area (TPSA) is 56.7 Å². The number of halogens is 1. The van der Waals surface area contributed by atoms with E-state index in [1.54, 1.807) is 18.2 Å². The fourth-order valence-corrected chi connectivity index (χ4v) is 1.75. The normalized spacial score (nSPS) is 10.8. The summed E-state index contributed by atoms with van der Waals surface area (Å²) in [5.41, 5.74) is 3.28. The van der Waals surface area contributed by atoms with Crippen LogP contribution >= 0.6 is 28.1 Å². The van der Waals surface area contributed by atoms with Crippen molar-refractivity contribution in [3.63, 3.8) is 0 Å². The van der Waals surface area contributed by atoms with Gasteiger partial charge in [-0.05, 0) is 44.3 Å². The lowest BCUT2D eigenvalue weighted by Gasteiger charge is -2.09. The number of aromatic hydroxyl groups is 1. The molecule has 0 fully saturated rings. The summed E-state index contributed by atoms with van der Waals surface area (Å²) in [6.45, 7) is 3.97. The van der Waals surface area contributed by atoms with Gasteiger partial charge in [0.25, 0.3) is 0 Å². The number of benzene rings is 1. The molecule has 1 aromatic rings. The lowest BCUT2D eigenvalue weighted by atomic mass is 10.2. The number of phenols is 1. The number of hydrazone groups is 1. The van der Waals surface area contributed by atoms with Crippen LogP contribution in [0.5, 0.6) is 5.75 Å². The maximum Gasteiger partial charge on any atom is 0.187 e. The van der Waals surface area contributed by atoms with Crippen molar-refractivity contribution in [3.05, 3.63) is 28.2 Å². The number of phenolic OH excluding ortho intramolecular Hbond substituents is 1. The quantitative estimate of drug-likeness (QED) is 0.455. The number of hydrogen-bond donors (Lipinski definition) is 3. The van der Waals surface area contributed by atoms with Crippen LogP contribution < -0.4 is 10.7 Å². The molecule has 0 unspecified atom stereocenters. The molecule has 1 rings (SSSR count). The van der Waals surface area contributed by atoms with Gasteiger partial charge in [-0.2, -0.15) is 5.10 Å². The van der Waals surface area contributed by atoms with E-state index in [1.165, 1.54) is 6.21 Å². The summed E-state index contributed by atoms with van der Waals surface area (Å²) < 4.78 is 0.875. The van der Waals surface area contributed by atoms with E-state index < -0.39 is 0 Å². The molecule has 0 aliphatic rings. The maximum atomic E-state index is 9.56. The number of thiocarbonyl (C=S) groups is 1. The molecule has 0 bridgehead atoms. The van der Waals surface area contributed by atoms with Gasteiger partial charge in [0.05, 0.1) is 6.21 Å². The molecular weight excluding hydrogens is 302 g/mol. The van der Waals surface area contributed by atoms with Gasteiger partial charge >= 0.3 is 0 Å². The van der Waals surface area contributed by atoms with Crippen LogP contribution in [-0.4, -0.2) is 22.5 Å². The molecule has 0 heterocycles. The Kier molecular flexibility index (Phi) is 5.37. The highest BCUT2D eigenvalue weighted by atomic mass is 79.9. The van der Waals surface area contributed by atoms with Crippen LogP contribution in [0.2, 0.25) is 0 Å². The summed E-state index contributed by atoms with van der Waals surface area (Å²) in [5, 5.41) is 16.9. The molecule has 6 heteroatoms. The Bertz CT molecular complexity index is 435. The zero-order valence-electron chi connectivity index (χ0n) is 9.57. The highest BCUT2D eigenvalue weighted by Crippen LogP contribution is 2.19. The molecule has 92 valence electrons. The average Bonchev–Trinajstić information content (AvgIpc) is 2.22. The van der Waals surface area contributed by atoms with E-state index in [2.05, 4.69) is 31.8 Å². The zero-order valence-corrected chi connectivity index (χ0v) is 12.0. The van der Waals surface area contributed by atoms with Gasteiger partial charge in [0.15, 0.2) is 5.11 Å². The third-order valence-electron chi connectivity index (χ3n) is 1.78. The number of nitrogens with zero attached hydrogens (tertiary/aromatic N) is 1. The van der Waals surface area contributed by atoms with Crippen molar-refractivity contribution in [1.82, 2.24) is 10.7 Å². The zero-order chi connectivity index (χ0) is 12.8. The first kappa shape index (κ1) is 13.9. The Morgan fingerprint density at radius 2 is 2.24 bits per heavy atom. The predicted molar refractivity (Wildman–Crippen MR) is 77.4 cm³/mol. The van der Waals surface area contributed by atoms with Crippen LogP contribution in [-0.2, 0) is 0 Å². The molecule has 0 spiro atoms. The third-order valence-corrected chi connectivity index (χ3v) is 2.48. The van der Waals surface area contributed by atoms with E-state index in [0.29, 0.717) is 10.7 Å². The highest BCUT2D eigenvalue weighted by molar-refractivity contribution is 9.10. The van der Waals surface area contributed by atoms with Crippen LogP contribution in [0.3, 0.4) is 0 Å². The van der Waals surface area contributed by atoms with Crippen molar-refractivity contribution < 1.29 is 5.11 Å². The van der Waals surface area contributed by atoms with Crippen LogP contribution in [0.4, 0.5) is 0 Å². The second kappa shape index (κ2) is 6.56. The van der Waals surface area contributed by atoms with Gasteiger partial charge in [-0.25, -0.2) is 0 Å². The largest absolute Gasteiger partial charge is 0.507 e. The van der Waals surface area contributed by atoms with E-state index in [1.807, 2.05) is 13.8 Å². The van der Waals surface area contributed by atoms with Crippen molar-refractivity contribution in [1.29, 1.82) is 0 Å². The van der Waals surface area contributed by atoms with Gasteiger partial charge in [0, 0.05) is 16.1 Å². The van der Waals surface area contributed by atoms with Gasteiger partial charge < -0.3 is 10.4 Å². The monoisotopic (exact) mass is 315 g/mol. The average molecular weight is 316 g/mol. The summed E-state index contributed by atoms with van der Waals surface area (Å²) in [7, 11) is 0. The first-order chi connectivity index (χ1) is 7.99. The molecule has 0 aromatic heterocycles. The van der Waals surface area contributed by atoms with Crippen LogP contribution in [0.25, 0.3) is 0 Å². The molecule has 0 atom stereocenters. The minimum Gasteiger partial charge on any atom is -0.507 e. The van der Waals surface area contributed by atoms with E-state index >= 15 is 0 Å². The summed E-state index contributed by atoms with van der Waals surface area (Å²) in [6, 6.07) is 5.37. The molecule has 1 aromatic carbocycles. The Hall–Kier alpha value is -1.14. The van der Waals surface area contributed by atoms with Crippen molar-refractivity contribution in [3.8, 4) is 5.75 Å². The fraction of sp³-hybridized carbons (Fsp3) is 0.273. The van der Waals surface area contributed by atoms with E-state index in [9.17, 15) is 5.11 Å². The SMILES string of the molecule is CC(C)NC(=S)N/N=C/c1cc(Br)ccc1O. The highest BCUT2D eigenvalue weighted by Gasteiger charge is 1.99. The van der Waals surface area contributed by atoms with E-state index in [0.717, 1.165) is 4.47 Å². The number of rotatable bonds is 3. The van der Waals surface area contributed by atoms with Gasteiger partial charge in [-0.3, -0.25) is 5.43 Å². The minimum absolute atomic E-state index is 0.168. The smallest absolute Gasteiger partial charge is 0.187 e. The fourth-order valence-electron chi connectivity index (χ4n) is 1.08. The molecule has 17 heavy (non-hydrogen) atoms. The van der Waals surface area contributed by atoms with Gasteiger partial charge in [-0.1, -0.05) is 15.9 Å². The molecule has 4 nitrogen and oxygen atoms in total. The van der Waals surface area contributed by atoms with E-state index in [-0.39, 0.29) is 11.8 Å². The summed E-state index contributed by atoms with van der Waals surface area (Å²) in [4.78, 5) is 0. The van der Waals surface area contributed by atoms with Gasteiger partial charge in [0.1, 0.15) is 5.75 Å². The molecule has 3 N–H and O–H groups in total. The molecule has 0 saturated heterocycles. The lowest BCUT2D eigenvalue weighted by molar-refractivity contribution is 0.474. The molecule has 0 saturated carbocycles. The Labute approximate surface area is 114 Å². The maximum absolute atomic E-state index is 9.56. The number of hydrogen-bond acceptors (Lipinski definition) is 3. The second-order valence-electron chi connectivity index (χ2n) is 3.70. The predicted octanol–water partition coefficient (Wildman–Crippen LogP) is 2.36. The first-order valence-corrected chi connectivity index (χ1v) is 6.27. The van der Waals surface area contributed by atoms with Crippen LogP contribution in [0.15, 0.2) is 27.8 Å². The summed E-state index contributed by atoms with van der Waals surface area (Å²) in [6.07, 6.45) is 1.51. The second-order valence-corrected chi connectivity index (χ2v) is 5.03. The molecular formula is C11H14BrN3OS. The molecule has 0 radical (unpaired) electrons. The minimum atomic E-state index is 0.168. The van der Waals surface area contributed by atoms with E-state index in [4.69, 9.17) is 12.2 Å². The summed E-state index contributed by atoms with van der Waals surface area (Å²) >= 11 is 8.32. The number of nitrogens with one attached hydrogen (secondary N) is 2. The molecule has 0 amide bonds. The Balaban J connectivity index is 2.59. The lowest BCUT2D eigenvalue weighted by Crippen LogP contribution is -2.36. The summed E-state index contributed by atoms with van der Waals surface area (Å²) in [5.74, 6) is 0.168. The van der Waals surface area contributed by atoms with Crippen LogP contribution in [0, 0.1) is 0 Å². The van der Waals surface area contributed by atoms with Crippen molar-refractivity contribution in [2.45, 2.75) is 19.9 Å². The van der Waals surface area contributed by atoms with Crippen LogP contribution in [0.1, 0.15) is 19.4 Å². The molecule has 0 aliphatic carbocycles. The first-order valence-electron chi connectivity index (χ1n) is 5.07. The van der Waals surface area contributed by atoms with Crippen molar-refractivity contribution in [2.75, 3.05) is 0 Å². The van der Waals surface area contributed by atoms with Gasteiger partial charge in [-0.15, -0.1) is 0 Å². The molecule has 0 aliphatic heterocycles. The van der Waals surface area contributed by atoms with Crippen molar-refractivity contribution >= 4 is 39.5 Å². The Morgan fingerprint density at radius 3 is 2.88 bits per heavy atom. The van der Waals surface area contributed by atoms with Gasteiger partial charge in [0.2, 0.25) is 0 Å².